The van der Waals surface area contributed by atoms with E-state index in [9.17, 15) is 13.2 Å². The molecule has 1 aromatic rings. The molecule has 0 aliphatic heterocycles. The van der Waals surface area contributed by atoms with Crippen LogP contribution in [-0.4, -0.2) is 5.11 Å². The fourth-order valence-electron chi connectivity index (χ4n) is 1.02. The predicted molar refractivity (Wildman–Crippen MR) is 42.8 cm³/mol. The van der Waals surface area contributed by atoms with Crippen molar-refractivity contribution in [2.24, 2.45) is 0 Å². The van der Waals surface area contributed by atoms with Crippen molar-refractivity contribution in [3.63, 3.8) is 0 Å². The van der Waals surface area contributed by atoms with Crippen molar-refractivity contribution in [2.45, 2.75) is 6.92 Å². The number of benzene rings is 1. The lowest BCUT2D eigenvalue weighted by Gasteiger charge is -2.06. The van der Waals surface area contributed by atoms with Gasteiger partial charge in [0.25, 0.3) is 0 Å². The molecule has 0 radical (unpaired) electrons. The van der Waals surface area contributed by atoms with Crippen LogP contribution in [0.3, 0.4) is 0 Å². The number of halogens is 3. The Bertz CT molecular complexity index is 343. The molecule has 1 nitrogen and oxygen atoms in total. The molecule has 0 aliphatic carbocycles. The molecule has 70 valence electrons. The fourth-order valence-corrected chi connectivity index (χ4v) is 1.02. The van der Waals surface area contributed by atoms with Crippen LogP contribution in [-0.2, 0) is 0 Å². The standard InChI is InChI=1S/C9H7F3O/c1-3-5-4(2)6(10)9(13)8(12)7(5)11/h3,13H,1H2,2H3. The monoisotopic (exact) mass is 188 g/mol. The van der Waals surface area contributed by atoms with Gasteiger partial charge in [-0.3, -0.25) is 0 Å². The Morgan fingerprint density at radius 1 is 1.15 bits per heavy atom. The van der Waals surface area contributed by atoms with Gasteiger partial charge in [0.15, 0.2) is 17.4 Å². The van der Waals surface area contributed by atoms with Gasteiger partial charge in [0.1, 0.15) is 0 Å². The summed E-state index contributed by atoms with van der Waals surface area (Å²) < 4.78 is 38.6. The summed E-state index contributed by atoms with van der Waals surface area (Å²) in [7, 11) is 0. The maximum Gasteiger partial charge on any atom is 0.204 e. The van der Waals surface area contributed by atoms with Crippen LogP contribution >= 0.6 is 0 Å². The predicted octanol–water partition coefficient (Wildman–Crippen LogP) is 2.76. The van der Waals surface area contributed by atoms with Crippen LogP contribution in [0.1, 0.15) is 11.1 Å². The van der Waals surface area contributed by atoms with Crippen molar-refractivity contribution < 1.29 is 18.3 Å². The van der Waals surface area contributed by atoms with Gasteiger partial charge in [-0.05, 0) is 12.5 Å². The molecule has 1 rings (SSSR count). The Kier molecular flexibility index (Phi) is 2.32. The Balaban J connectivity index is 3.66. The lowest BCUT2D eigenvalue weighted by molar-refractivity contribution is 0.373. The largest absolute Gasteiger partial charge is 0.503 e. The van der Waals surface area contributed by atoms with E-state index in [0.717, 1.165) is 6.08 Å². The zero-order chi connectivity index (χ0) is 10.2. The second-order valence-corrected chi connectivity index (χ2v) is 2.53. The minimum Gasteiger partial charge on any atom is -0.503 e. The second-order valence-electron chi connectivity index (χ2n) is 2.53. The minimum atomic E-state index is -1.59. The Morgan fingerprint density at radius 3 is 2.15 bits per heavy atom. The highest BCUT2D eigenvalue weighted by Gasteiger charge is 2.20. The molecule has 1 aromatic carbocycles. The van der Waals surface area contributed by atoms with E-state index >= 15 is 0 Å². The molecule has 4 heteroatoms. The van der Waals surface area contributed by atoms with E-state index in [2.05, 4.69) is 6.58 Å². The van der Waals surface area contributed by atoms with Gasteiger partial charge in [0, 0.05) is 5.56 Å². The van der Waals surface area contributed by atoms with Crippen LogP contribution in [0.5, 0.6) is 5.75 Å². The first-order valence-corrected chi connectivity index (χ1v) is 3.49. The molecule has 0 unspecified atom stereocenters. The molecule has 0 aliphatic rings. The van der Waals surface area contributed by atoms with E-state index in [-0.39, 0.29) is 11.1 Å². The minimum absolute atomic E-state index is 0.161. The lowest BCUT2D eigenvalue weighted by atomic mass is 10.1. The number of rotatable bonds is 1. The van der Waals surface area contributed by atoms with Gasteiger partial charge in [-0.25, -0.2) is 8.78 Å². The molecular weight excluding hydrogens is 181 g/mol. The van der Waals surface area contributed by atoms with Crippen LogP contribution in [0.25, 0.3) is 6.08 Å². The molecule has 0 amide bonds. The van der Waals surface area contributed by atoms with Gasteiger partial charge in [0.2, 0.25) is 5.82 Å². The highest BCUT2D eigenvalue weighted by molar-refractivity contribution is 5.55. The van der Waals surface area contributed by atoms with E-state index in [4.69, 9.17) is 5.11 Å². The molecule has 0 saturated carbocycles. The van der Waals surface area contributed by atoms with Crippen molar-refractivity contribution in [3.05, 3.63) is 35.2 Å². The van der Waals surface area contributed by atoms with Gasteiger partial charge in [-0.1, -0.05) is 12.7 Å². The van der Waals surface area contributed by atoms with Crippen molar-refractivity contribution >= 4 is 6.08 Å². The SMILES string of the molecule is C=Cc1c(C)c(F)c(O)c(F)c1F. The first-order chi connectivity index (χ1) is 6.00. The Morgan fingerprint density at radius 2 is 1.69 bits per heavy atom. The Hall–Kier alpha value is -1.45. The summed E-state index contributed by atoms with van der Waals surface area (Å²) in [5.74, 6) is -5.32. The first kappa shape index (κ1) is 9.64. The molecule has 13 heavy (non-hydrogen) atoms. The van der Waals surface area contributed by atoms with Crippen LogP contribution < -0.4 is 0 Å². The highest BCUT2D eigenvalue weighted by atomic mass is 19.2. The maximum absolute atomic E-state index is 12.9. The topological polar surface area (TPSA) is 20.2 Å². The van der Waals surface area contributed by atoms with Crippen LogP contribution in [0.4, 0.5) is 13.2 Å². The number of hydrogen-bond donors (Lipinski definition) is 1. The fraction of sp³-hybridized carbons (Fsp3) is 0.111. The summed E-state index contributed by atoms with van der Waals surface area (Å²) in [6, 6.07) is 0. The zero-order valence-electron chi connectivity index (χ0n) is 6.87. The molecular formula is C9H7F3O. The van der Waals surface area contributed by atoms with Crippen molar-refractivity contribution in [2.75, 3.05) is 0 Å². The van der Waals surface area contributed by atoms with Crippen LogP contribution in [0, 0.1) is 24.4 Å². The van der Waals surface area contributed by atoms with Crippen molar-refractivity contribution in [1.29, 1.82) is 0 Å². The van der Waals surface area contributed by atoms with Gasteiger partial charge in [-0.15, -0.1) is 0 Å². The quantitative estimate of drug-likeness (QED) is 0.672. The number of phenolic OH excluding ortho intramolecular Hbond substituents is 1. The van der Waals surface area contributed by atoms with Gasteiger partial charge in [0.05, 0.1) is 0 Å². The number of phenols is 1. The summed E-state index contributed by atoms with van der Waals surface area (Å²) in [6.07, 6.45) is 0.996. The van der Waals surface area contributed by atoms with Crippen LogP contribution in [0.2, 0.25) is 0 Å². The van der Waals surface area contributed by atoms with Gasteiger partial charge < -0.3 is 5.11 Å². The van der Waals surface area contributed by atoms with Gasteiger partial charge >= 0.3 is 0 Å². The average Bonchev–Trinajstić information content (AvgIpc) is 2.13. The second kappa shape index (κ2) is 3.12. The third-order valence-electron chi connectivity index (χ3n) is 1.78. The lowest BCUT2D eigenvalue weighted by Crippen LogP contribution is -1.98. The molecule has 0 bridgehead atoms. The van der Waals surface area contributed by atoms with E-state index < -0.39 is 23.2 Å². The average molecular weight is 188 g/mol. The summed E-state index contributed by atoms with van der Waals surface area (Å²) in [4.78, 5) is 0. The normalized spacial score (nSPS) is 10.2. The third-order valence-corrected chi connectivity index (χ3v) is 1.78. The summed E-state index contributed by atoms with van der Waals surface area (Å²) >= 11 is 0. The molecule has 0 spiro atoms. The van der Waals surface area contributed by atoms with E-state index in [1.807, 2.05) is 0 Å². The summed E-state index contributed by atoms with van der Waals surface area (Å²) in [5, 5.41) is 8.76. The molecule has 0 fully saturated rings. The van der Waals surface area contributed by atoms with Crippen molar-refractivity contribution in [3.8, 4) is 5.75 Å². The van der Waals surface area contributed by atoms with Crippen molar-refractivity contribution in [1.82, 2.24) is 0 Å². The Labute approximate surface area is 73.1 Å². The third kappa shape index (κ3) is 1.28. The molecule has 0 heterocycles. The molecule has 0 atom stereocenters. The number of aromatic hydroxyl groups is 1. The van der Waals surface area contributed by atoms with E-state index in [0.29, 0.717) is 0 Å². The molecule has 0 saturated heterocycles. The van der Waals surface area contributed by atoms with E-state index in [1.54, 1.807) is 0 Å². The molecule has 0 aromatic heterocycles. The maximum atomic E-state index is 12.9. The number of hydrogen-bond acceptors (Lipinski definition) is 1. The summed E-state index contributed by atoms with van der Waals surface area (Å²) in [6.45, 7) is 4.44. The smallest absolute Gasteiger partial charge is 0.204 e. The van der Waals surface area contributed by atoms with E-state index in [1.165, 1.54) is 6.92 Å². The molecule has 1 N–H and O–H groups in total. The zero-order valence-corrected chi connectivity index (χ0v) is 6.87. The van der Waals surface area contributed by atoms with Crippen LogP contribution in [0.15, 0.2) is 6.58 Å². The highest BCUT2D eigenvalue weighted by Crippen LogP contribution is 2.29. The summed E-state index contributed by atoms with van der Waals surface area (Å²) in [5.41, 5.74) is -0.431. The van der Waals surface area contributed by atoms with Gasteiger partial charge in [-0.2, -0.15) is 4.39 Å². The first-order valence-electron chi connectivity index (χ1n) is 3.49.